The molecule has 0 radical (unpaired) electrons. The standard InChI is InChI=1S/C19H22N4OS2/c1-12(2)23-18(16-6-5-9-25-16)21-22-19(23)26-11-17(24)20-15-10-13(3)7-8-14(15)4/h5-10,12H,11H2,1-4H3,(H,20,24). The van der Waals surface area contributed by atoms with Gasteiger partial charge in [-0.2, -0.15) is 0 Å². The molecule has 0 atom stereocenters. The fourth-order valence-corrected chi connectivity index (χ4v) is 4.17. The van der Waals surface area contributed by atoms with E-state index in [1.807, 2.05) is 49.6 Å². The third-order valence-corrected chi connectivity index (χ3v) is 5.73. The van der Waals surface area contributed by atoms with E-state index in [2.05, 4.69) is 33.9 Å². The van der Waals surface area contributed by atoms with Crippen LogP contribution in [0.25, 0.3) is 10.7 Å². The Morgan fingerprint density at radius 2 is 2.08 bits per heavy atom. The number of nitrogens with one attached hydrogen (secondary N) is 1. The second-order valence-corrected chi connectivity index (χ2v) is 8.29. The van der Waals surface area contributed by atoms with Crippen molar-refractivity contribution in [1.82, 2.24) is 14.8 Å². The highest BCUT2D eigenvalue weighted by molar-refractivity contribution is 7.99. The Kier molecular flexibility index (Phi) is 5.78. The normalized spacial score (nSPS) is 11.1. The molecular weight excluding hydrogens is 364 g/mol. The monoisotopic (exact) mass is 386 g/mol. The average Bonchev–Trinajstić information content (AvgIpc) is 3.25. The molecule has 1 N–H and O–H groups in total. The molecule has 0 bridgehead atoms. The van der Waals surface area contributed by atoms with Crippen LogP contribution in [0, 0.1) is 13.8 Å². The third-order valence-electron chi connectivity index (χ3n) is 3.92. The number of carbonyl (C=O) groups is 1. The van der Waals surface area contributed by atoms with Crippen molar-refractivity contribution in [3.63, 3.8) is 0 Å². The van der Waals surface area contributed by atoms with Crippen LogP contribution in [0.5, 0.6) is 0 Å². The van der Waals surface area contributed by atoms with Crippen LogP contribution in [0.15, 0.2) is 40.9 Å². The topological polar surface area (TPSA) is 59.8 Å². The van der Waals surface area contributed by atoms with Crippen LogP contribution in [0.1, 0.15) is 31.0 Å². The van der Waals surface area contributed by atoms with E-state index < -0.39 is 0 Å². The van der Waals surface area contributed by atoms with Gasteiger partial charge >= 0.3 is 0 Å². The maximum atomic E-state index is 12.4. The predicted molar refractivity (Wildman–Crippen MR) is 109 cm³/mol. The molecule has 136 valence electrons. The summed E-state index contributed by atoms with van der Waals surface area (Å²) < 4.78 is 2.09. The van der Waals surface area contributed by atoms with Crippen molar-refractivity contribution < 1.29 is 4.79 Å². The summed E-state index contributed by atoms with van der Waals surface area (Å²) in [6.07, 6.45) is 0. The Morgan fingerprint density at radius 1 is 1.27 bits per heavy atom. The summed E-state index contributed by atoms with van der Waals surface area (Å²) in [4.78, 5) is 13.5. The molecule has 0 aliphatic heterocycles. The maximum absolute atomic E-state index is 12.4. The van der Waals surface area contributed by atoms with E-state index in [4.69, 9.17) is 0 Å². The van der Waals surface area contributed by atoms with E-state index in [-0.39, 0.29) is 11.9 Å². The average molecular weight is 387 g/mol. The summed E-state index contributed by atoms with van der Waals surface area (Å²) in [7, 11) is 0. The molecule has 0 spiro atoms. The van der Waals surface area contributed by atoms with Gasteiger partial charge in [-0.15, -0.1) is 21.5 Å². The lowest BCUT2D eigenvalue weighted by atomic mass is 10.1. The molecule has 2 heterocycles. The quantitative estimate of drug-likeness (QED) is 0.610. The van der Waals surface area contributed by atoms with Gasteiger partial charge in [0.05, 0.1) is 10.6 Å². The summed E-state index contributed by atoms with van der Waals surface area (Å²) in [5, 5.41) is 14.4. The van der Waals surface area contributed by atoms with E-state index in [1.54, 1.807) is 11.3 Å². The third kappa shape index (κ3) is 4.16. The smallest absolute Gasteiger partial charge is 0.234 e. The summed E-state index contributed by atoms with van der Waals surface area (Å²) in [5.74, 6) is 1.11. The lowest BCUT2D eigenvalue weighted by Gasteiger charge is -2.13. The summed E-state index contributed by atoms with van der Waals surface area (Å²) in [6, 6.07) is 10.3. The van der Waals surface area contributed by atoms with Crippen molar-refractivity contribution in [2.45, 2.75) is 38.9 Å². The van der Waals surface area contributed by atoms with Gasteiger partial charge < -0.3 is 5.32 Å². The molecule has 2 aromatic heterocycles. The molecule has 3 rings (SSSR count). The maximum Gasteiger partial charge on any atom is 0.234 e. The van der Waals surface area contributed by atoms with Crippen LogP contribution < -0.4 is 5.32 Å². The lowest BCUT2D eigenvalue weighted by Crippen LogP contribution is -2.15. The molecule has 7 heteroatoms. The Bertz CT molecular complexity index is 900. The second-order valence-electron chi connectivity index (χ2n) is 6.40. The molecule has 3 aromatic rings. The molecule has 0 unspecified atom stereocenters. The molecule has 1 aromatic carbocycles. The van der Waals surface area contributed by atoms with Crippen molar-refractivity contribution in [1.29, 1.82) is 0 Å². The number of thioether (sulfide) groups is 1. The number of anilines is 1. The van der Waals surface area contributed by atoms with Gasteiger partial charge in [-0.3, -0.25) is 9.36 Å². The molecular formula is C19H22N4OS2. The first-order valence-electron chi connectivity index (χ1n) is 8.44. The number of amides is 1. The molecule has 26 heavy (non-hydrogen) atoms. The minimum Gasteiger partial charge on any atom is -0.325 e. The summed E-state index contributed by atoms with van der Waals surface area (Å²) in [5.41, 5.74) is 3.04. The number of aryl methyl sites for hydroxylation is 2. The first-order chi connectivity index (χ1) is 12.5. The van der Waals surface area contributed by atoms with Crippen LogP contribution in [-0.4, -0.2) is 26.4 Å². The first kappa shape index (κ1) is 18.7. The molecule has 0 saturated heterocycles. The van der Waals surface area contributed by atoms with E-state index >= 15 is 0 Å². The molecule has 0 saturated carbocycles. The summed E-state index contributed by atoms with van der Waals surface area (Å²) in [6.45, 7) is 8.20. The highest BCUT2D eigenvalue weighted by Gasteiger charge is 2.18. The van der Waals surface area contributed by atoms with Crippen molar-refractivity contribution in [2.75, 3.05) is 11.1 Å². The van der Waals surface area contributed by atoms with Crippen molar-refractivity contribution in [3.8, 4) is 10.7 Å². The minimum absolute atomic E-state index is 0.0420. The van der Waals surface area contributed by atoms with Crippen molar-refractivity contribution in [2.24, 2.45) is 0 Å². The van der Waals surface area contributed by atoms with Crippen LogP contribution in [-0.2, 0) is 4.79 Å². The van der Waals surface area contributed by atoms with E-state index in [0.717, 1.165) is 32.7 Å². The predicted octanol–water partition coefficient (Wildman–Crippen LogP) is 4.94. The Balaban J connectivity index is 1.71. The number of thiophene rings is 1. The molecule has 5 nitrogen and oxygen atoms in total. The molecule has 0 fully saturated rings. The second kappa shape index (κ2) is 8.05. The van der Waals surface area contributed by atoms with Gasteiger partial charge in [-0.1, -0.05) is 30.0 Å². The Labute approximate surface area is 161 Å². The van der Waals surface area contributed by atoms with Crippen molar-refractivity contribution >= 4 is 34.7 Å². The number of rotatable bonds is 6. The number of aromatic nitrogens is 3. The van der Waals surface area contributed by atoms with E-state index in [1.165, 1.54) is 11.8 Å². The molecule has 0 aliphatic rings. The van der Waals surface area contributed by atoms with Crippen LogP contribution in [0.3, 0.4) is 0 Å². The zero-order valence-corrected chi connectivity index (χ0v) is 16.9. The zero-order valence-electron chi connectivity index (χ0n) is 15.3. The van der Waals surface area contributed by atoms with Gasteiger partial charge in [0.1, 0.15) is 0 Å². The summed E-state index contributed by atoms with van der Waals surface area (Å²) >= 11 is 3.05. The molecule has 0 aliphatic carbocycles. The largest absolute Gasteiger partial charge is 0.325 e. The molecule has 1 amide bonds. The van der Waals surface area contributed by atoms with Gasteiger partial charge in [-0.05, 0) is 56.3 Å². The highest BCUT2D eigenvalue weighted by Crippen LogP contribution is 2.30. The first-order valence-corrected chi connectivity index (χ1v) is 10.3. The van der Waals surface area contributed by atoms with Gasteiger partial charge in [-0.25, -0.2) is 0 Å². The Morgan fingerprint density at radius 3 is 2.77 bits per heavy atom. The minimum atomic E-state index is -0.0420. The SMILES string of the molecule is Cc1ccc(C)c(NC(=O)CSc2nnc(-c3cccs3)n2C(C)C)c1. The fourth-order valence-electron chi connectivity index (χ4n) is 2.60. The Hall–Kier alpha value is -2.12. The van der Waals surface area contributed by atoms with E-state index in [9.17, 15) is 4.79 Å². The number of benzene rings is 1. The number of nitrogens with zero attached hydrogens (tertiary/aromatic N) is 3. The van der Waals surface area contributed by atoms with Crippen molar-refractivity contribution in [3.05, 3.63) is 46.8 Å². The van der Waals surface area contributed by atoms with Gasteiger partial charge in [0, 0.05) is 11.7 Å². The highest BCUT2D eigenvalue weighted by atomic mass is 32.2. The van der Waals surface area contributed by atoms with Crippen LogP contribution >= 0.6 is 23.1 Å². The number of carbonyl (C=O) groups excluding carboxylic acids is 1. The lowest BCUT2D eigenvalue weighted by molar-refractivity contribution is -0.113. The zero-order chi connectivity index (χ0) is 18.7. The van der Waals surface area contributed by atoms with Gasteiger partial charge in [0.15, 0.2) is 11.0 Å². The van der Waals surface area contributed by atoms with Crippen LogP contribution in [0.2, 0.25) is 0 Å². The fraction of sp³-hybridized carbons (Fsp3) is 0.316. The number of hydrogen-bond donors (Lipinski definition) is 1. The van der Waals surface area contributed by atoms with E-state index in [0.29, 0.717) is 5.75 Å². The van der Waals surface area contributed by atoms with Gasteiger partial charge in [0.25, 0.3) is 0 Å². The van der Waals surface area contributed by atoms with Crippen LogP contribution in [0.4, 0.5) is 5.69 Å². The van der Waals surface area contributed by atoms with Gasteiger partial charge in [0.2, 0.25) is 5.91 Å². The number of hydrogen-bond acceptors (Lipinski definition) is 5.